The highest BCUT2D eigenvalue weighted by molar-refractivity contribution is 5.38. The number of likely N-dealkylation sites (tertiary alicyclic amines) is 1. The number of β-amino-alcohol motifs (C(OH)–C–C–N with tert-alkyl or cyclic N) is 1. The van der Waals surface area contributed by atoms with E-state index in [1.807, 2.05) is 25.1 Å². The minimum absolute atomic E-state index is 0.488. The van der Waals surface area contributed by atoms with Gasteiger partial charge in [0.05, 0.1) is 13.2 Å². The van der Waals surface area contributed by atoms with E-state index < -0.39 is 6.10 Å². The summed E-state index contributed by atoms with van der Waals surface area (Å²) < 4.78 is 5.38. The van der Waals surface area contributed by atoms with E-state index in [4.69, 9.17) is 4.74 Å². The number of methoxy groups -OCH3 is 1. The molecule has 0 spiro atoms. The number of nitrogens with zero attached hydrogens (tertiary/aromatic N) is 1. The van der Waals surface area contributed by atoms with Crippen molar-refractivity contribution >= 4 is 0 Å². The molecule has 20 heavy (non-hydrogen) atoms. The number of hydrogen-bond donors (Lipinski definition) is 1. The molecule has 0 amide bonds. The smallest absolute Gasteiger partial charge is 0.124 e. The molecule has 1 aromatic carbocycles. The molecule has 2 rings (SSSR count). The Morgan fingerprint density at radius 1 is 1.40 bits per heavy atom. The zero-order valence-corrected chi connectivity index (χ0v) is 13.1. The normalized spacial score (nSPS) is 25.4. The highest BCUT2D eigenvalue weighted by Crippen LogP contribution is 2.30. The molecule has 3 nitrogen and oxygen atoms in total. The van der Waals surface area contributed by atoms with E-state index in [1.165, 1.54) is 12.8 Å². The Morgan fingerprint density at radius 2 is 2.15 bits per heavy atom. The average Bonchev–Trinajstić information content (AvgIpc) is 2.43. The number of hydrogen-bond acceptors (Lipinski definition) is 3. The standard InChI is InChI=1S/C17H27NO2/c1-12-7-8-17(20-4)15(10-12)16(19)11-18-9-5-6-13(2)14(18)3/h7-8,10,13-14,16,19H,5-6,9,11H2,1-4H3. The van der Waals surface area contributed by atoms with Crippen molar-refractivity contribution in [1.29, 1.82) is 0 Å². The fourth-order valence-electron chi connectivity index (χ4n) is 3.11. The van der Waals surface area contributed by atoms with Crippen LogP contribution in [-0.2, 0) is 0 Å². The molecule has 3 heteroatoms. The predicted octanol–water partition coefficient (Wildman–Crippen LogP) is 3.16. The van der Waals surface area contributed by atoms with Crippen LogP contribution in [0.3, 0.4) is 0 Å². The maximum absolute atomic E-state index is 10.6. The van der Waals surface area contributed by atoms with E-state index in [0.29, 0.717) is 18.5 Å². The number of rotatable bonds is 4. The molecule has 0 aliphatic carbocycles. The van der Waals surface area contributed by atoms with Gasteiger partial charge in [-0.3, -0.25) is 4.90 Å². The van der Waals surface area contributed by atoms with Gasteiger partial charge in [-0.15, -0.1) is 0 Å². The molecule has 1 aliphatic heterocycles. The van der Waals surface area contributed by atoms with Crippen molar-refractivity contribution in [2.24, 2.45) is 5.92 Å². The predicted molar refractivity (Wildman–Crippen MR) is 82.1 cm³/mol. The second-order valence-electron chi connectivity index (χ2n) is 6.12. The van der Waals surface area contributed by atoms with E-state index in [1.54, 1.807) is 7.11 Å². The Hall–Kier alpha value is -1.06. The van der Waals surface area contributed by atoms with Crippen LogP contribution in [0.15, 0.2) is 18.2 Å². The first-order valence-electron chi connectivity index (χ1n) is 7.59. The maximum Gasteiger partial charge on any atom is 0.124 e. The van der Waals surface area contributed by atoms with Gasteiger partial charge in [-0.25, -0.2) is 0 Å². The number of aliphatic hydroxyl groups is 1. The molecule has 3 unspecified atom stereocenters. The van der Waals surface area contributed by atoms with Gasteiger partial charge in [-0.2, -0.15) is 0 Å². The van der Waals surface area contributed by atoms with E-state index >= 15 is 0 Å². The van der Waals surface area contributed by atoms with Gasteiger partial charge in [0.1, 0.15) is 5.75 Å². The molecule has 1 aromatic rings. The quantitative estimate of drug-likeness (QED) is 0.917. The molecular weight excluding hydrogens is 250 g/mol. The second-order valence-corrected chi connectivity index (χ2v) is 6.12. The first kappa shape index (κ1) is 15.3. The summed E-state index contributed by atoms with van der Waals surface area (Å²) in [5.41, 5.74) is 2.05. The SMILES string of the molecule is COc1ccc(C)cc1C(O)CN1CCCC(C)C1C. The van der Waals surface area contributed by atoms with Crippen LogP contribution in [0.25, 0.3) is 0 Å². The molecule has 1 saturated heterocycles. The molecule has 0 aromatic heterocycles. The van der Waals surface area contributed by atoms with Crippen molar-refractivity contribution in [2.45, 2.75) is 45.8 Å². The molecule has 1 aliphatic rings. The third kappa shape index (κ3) is 3.33. The van der Waals surface area contributed by atoms with Crippen LogP contribution in [0.5, 0.6) is 5.75 Å². The first-order valence-corrected chi connectivity index (χ1v) is 7.59. The lowest BCUT2D eigenvalue weighted by Gasteiger charge is -2.39. The molecule has 1 heterocycles. The molecule has 0 bridgehead atoms. The van der Waals surface area contributed by atoms with Crippen molar-refractivity contribution < 1.29 is 9.84 Å². The van der Waals surface area contributed by atoms with Crippen LogP contribution >= 0.6 is 0 Å². The van der Waals surface area contributed by atoms with Crippen molar-refractivity contribution in [2.75, 3.05) is 20.2 Å². The van der Waals surface area contributed by atoms with Crippen molar-refractivity contribution in [3.8, 4) is 5.75 Å². The Labute approximate surface area is 122 Å². The zero-order valence-electron chi connectivity index (χ0n) is 13.1. The highest BCUT2D eigenvalue weighted by Gasteiger charge is 2.27. The van der Waals surface area contributed by atoms with Gasteiger partial charge >= 0.3 is 0 Å². The molecule has 112 valence electrons. The maximum atomic E-state index is 10.6. The largest absolute Gasteiger partial charge is 0.496 e. The lowest BCUT2D eigenvalue weighted by Crippen LogP contribution is -2.44. The third-order valence-corrected chi connectivity index (χ3v) is 4.66. The highest BCUT2D eigenvalue weighted by atomic mass is 16.5. The number of aryl methyl sites for hydroxylation is 1. The van der Waals surface area contributed by atoms with Gasteiger partial charge in [-0.05, 0) is 51.3 Å². The summed E-state index contributed by atoms with van der Waals surface area (Å²) in [6.07, 6.45) is 2.03. The summed E-state index contributed by atoms with van der Waals surface area (Å²) >= 11 is 0. The third-order valence-electron chi connectivity index (χ3n) is 4.66. The van der Waals surface area contributed by atoms with E-state index in [9.17, 15) is 5.11 Å². The minimum atomic E-state index is -0.488. The zero-order chi connectivity index (χ0) is 14.7. The van der Waals surface area contributed by atoms with Crippen LogP contribution in [0.4, 0.5) is 0 Å². The van der Waals surface area contributed by atoms with Crippen LogP contribution < -0.4 is 4.74 Å². The second kappa shape index (κ2) is 6.59. The Balaban J connectivity index is 2.11. The monoisotopic (exact) mass is 277 g/mol. The van der Waals surface area contributed by atoms with Gasteiger partial charge in [0, 0.05) is 18.2 Å². The number of ether oxygens (including phenoxy) is 1. The summed E-state index contributed by atoms with van der Waals surface area (Å²) in [6.45, 7) is 8.38. The van der Waals surface area contributed by atoms with Gasteiger partial charge in [0.15, 0.2) is 0 Å². The molecule has 0 saturated carbocycles. The Bertz CT molecular complexity index is 447. The summed E-state index contributed by atoms with van der Waals surface area (Å²) in [4.78, 5) is 2.40. The van der Waals surface area contributed by atoms with Crippen molar-refractivity contribution in [3.05, 3.63) is 29.3 Å². The minimum Gasteiger partial charge on any atom is -0.496 e. The van der Waals surface area contributed by atoms with Gasteiger partial charge < -0.3 is 9.84 Å². The molecule has 3 atom stereocenters. The number of aliphatic hydroxyl groups excluding tert-OH is 1. The number of benzene rings is 1. The van der Waals surface area contributed by atoms with Crippen molar-refractivity contribution in [1.82, 2.24) is 4.90 Å². The first-order chi connectivity index (χ1) is 9.52. The van der Waals surface area contributed by atoms with Crippen LogP contribution in [-0.4, -0.2) is 36.2 Å². The van der Waals surface area contributed by atoms with Gasteiger partial charge in [-0.1, -0.05) is 18.6 Å². The fraction of sp³-hybridized carbons (Fsp3) is 0.647. The summed E-state index contributed by atoms with van der Waals surface area (Å²) in [6, 6.07) is 6.52. The van der Waals surface area contributed by atoms with E-state index in [0.717, 1.165) is 23.4 Å². The lowest BCUT2D eigenvalue weighted by molar-refractivity contribution is 0.0502. The van der Waals surface area contributed by atoms with E-state index in [-0.39, 0.29) is 0 Å². The van der Waals surface area contributed by atoms with Crippen molar-refractivity contribution in [3.63, 3.8) is 0 Å². The summed E-state index contributed by atoms with van der Waals surface area (Å²) in [5, 5.41) is 10.6. The summed E-state index contributed by atoms with van der Waals surface area (Å²) in [5.74, 6) is 1.48. The topological polar surface area (TPSA) is 32.7 Å². The van der Waals surface area contributed by atoms with Gasteiger partial charge in [0.2, 0.25) is 0 Å². The molecule has 1 fully saturated rings. The Morgan fingerprint density at radius 3 is 2.85 bits per heavy atom. The fourth-order valence-corrected chi connectivity index (χ4v) is 3.11. The lowest BCUT2D eigenvalue weighted by atomic mass is 9.91. The van der Waals surface area contributed by atoms with E-state index in [2.05, 4.69) is 18.7 Å². The summed E-state index contributed by atoms with van der Waals surface area (Å²) in [7, 11) is 1.66. The molecular formula is C17H27NO2. The van der Waals surface area contributed by atoms with Crippen LogP contribution in [0, 0.1) is 12.8 Å². The van der Waals surface area contributed by atoms with Crippen LogP contribution in [0.1, 0.15) is 43.9 Å². The van der Waals surface area contributed by atoms with Crippen LogP contribution in [0.2, 0.25) is 0 Å². The van der Waals surface area contributed by atoms with Gasteiger partial charge in [0.25, 0.3) is 0 Å². The number of piperidine rings is 1. The Kier molecular flexibility index (Phi) is 5.06. The average molecular weight is 277 g/mol. The molecule has 1 N–H and O–H groups in total. The molecule has 0 radical (unpaired) electrons.